The monoisotopic (exact) mass is 518 g/mol. The van der Waals surface area contributed by atoms with Gasteiger partial charge in [0.2, 0.25) is 0 Å². The first-order valence-electron chi connectivity index (χ1n) is 9.39. The number of aromatic nitrogens is 2. The van der Waals surface area contributed by atoms with Gasteiger partial charge in [-0.1, -0.05) is 28.1 Å². The largest absolute Gasteiger partial charge is 0.506 e. The Morgan fingerprint density at radius 3 is 2.14 bits per heavy atom. The molecule has 0 bridgehead atoms. The quantitative estimate of drug-likeness (QED) is 0.438. The summed E-state index contributed by atoms with van der Waals surface area (Å²) in [6, 6.07) is 15.7. The highest BCUT2D eigenvalue weighted by molar-refractivity contribution is 9.11. The molecule has 152 valence electrons. The van der Waals surface area contributed by atoms with E-state index in [2.05, 4.69) is 58.7 Å². The molecule has 0 saturated heterocycles. The summed E-state index contributed by atoms with van der Waals surface area (Å²) in [5, 5.41) is 10.5. The second-order valence-corrected chi connectivity index (χ2v) is 8.76. The molecular formula is C22H24Br2N4O. The van der Waals surface area contributed by atoms with Gasteiger partial charge in [-0.25, -0.2) is 0 Å². The Morgan fingerprint density at radius 1 is 0.862 bits per heavy atom. The molecule has 0 aliphatic heterocycles. The predicted molar refractivity (Wildman–Crippen MR) is 122 cm³/mol. The molecule has 0 spiro atoms. The zero-order chi connectivity index (χ0) is 20.6. The third-order valence-corrected chi connectivity index (χ3v) is 5.63. The van der Waals surface area contributed by atoms with Gasteiger partial charge in [0.25, 0.3) is 0 Å². The van der Waals surface area contributed by atoms with Crippen LogP contribution in [0.5, 0.6) is 5.75 Å². The van der Waals surface area contributed by atoms with Crippen molar-refractivity contribution in [3.8, 4) is 5.75 Å². The van der Waals surface area contributed by atoms with E-state index < -0.39 is 0 Å². The summed E-state index contributed by atoms with van der Waals surface area (Å²) < 4.78 is 1.62. The molecule has 1 N–H and O–H groups in total. The first-order valence-corrected chi connectivity index (χ1v) is 11.0. The van der Waals surface area contributed by atoms with E-state index in [4.69, 9.17) is 0 Å². The van der Waals surface area contributed by atoms with Gasteiger partial charge in [0.05, 0.1) is 15.9 Å². The molecule has 5 nitrogen and oxygen atoms in total. The minimum Gasteiger partial charge on any atom is -0.506 e. The van der Waals surface area contributed by atoms with Crippen LogP contribution in [0.4, 0.5) is 0 Å². The Kier molecular flexibility index (Phi) is 8.18. The number of aromatic hydroxyl groups is 1. The minimum atomic E-state index is 0.279. The van der Waals surface area contributed by atoms with Gasteiger partial charge >= 0.3 is 0 Å². The first-order chi connectivity index (χ1) is 14.0. The highest BCUT2D eigenvalue weighted by Gasteiger charge is 2.14. The van der Waals surface area contributed by atoms with Crippen LogP contribution in [-0.4, -0.2) is 45.0 Å². The van der Waals surface area contributed by atoms with Gasteiger partial charge in [0.15, 0.2) is 0 Å². The van der Waals surface area contributed by atoms with Crippen molar-refractivity contribution in [3.05, 3.63) is 86.8 Å². The van der Waals surface area contributed by atoms with E-state index in [1.54, 1.807) is 0 Å². The standard InChI is InChI=1S/C22H24Br2N4O/c1-27(15-19-6-2-4-8-25-19)10-11-28(16-20-7-3-5-9-26-20)14-17-12-18(23)13-21(24)22(17)29/h2-9,12-13,29H,10-11,14-16H2,1H3. The zero-order valence-electron chi connectivity index (χ0n) is 16.3. The fourth-order valence-electron chi connectivity index (χ4n) is 3.07. The summed E-state index contributed by atoms with van der Waals surface area (Å²) in [5.74, 6) is 0.279. The van der Waals surface area contributed by atoms with Crippen LogP contribution in [0.2, 0.25) is 0 Å². The van der Waals surface area contributed by atoms with Crippen molar-refractivity contribution in [2.24, 2.45) is 0 Å². The molecule has 0 saturated carbocycles. The maximum atomic E-state index is 10.5. The second kappa shape index (κ2) is 10.8. The fraction of sp³-hybridized carbons (Fsp3) is 0.273. The van der Waals surface area contributed by atoms with Crippen molar-refractivity contribution in [2.75, 3.05) is 20.1 Å². The fourth-order valence-corrected chi connectivity index (χ4v) is 4.39. The lowest BCUT2D eigenvalue weighted by atomic mass is 10.1. The molecule has 2 heterocycles. The third kappa shape index (κ3) is 6.89. The van der Waals surface area contributed by atoms with Crippen molar-refractivity contribution in [1.29, 1.82) is 0 Å². The number of benzene rings is 1. The molecule has 0 fully saturated rings. The summed E-state index contributed by atoms with van der Waals surface area (Å²) >= 11 is 6.94. The van der Waals surface area contributed by atoms with Crippen LogP contribution in [0.25, 0.3) is 0 Å². The minimum absolute atomic E-state index is 0.279. The summed E-state index contributed by atoms with van der Waals surface area (Å²) in [7, 11) is 2.10. The lowest BCUT2D eigenvalue weighted by molar-refractivity contribution is 0.204. The topological polar surface area (TPSA) is 52.5 Å². The molecule has 29 heavy (non-hydrogen) atoms. The van der Waals surface area contributed by atoms with Gasteiger partial charge < -0.3 is 5.11 Å². The van der Waals surface area contributed by atoms with E-state index in [0.29, 0.717) is 17.6 Å². The maximum Gasteiger partial charge on any atom is 0.134 e. The van der Waals surface area contributed by atoms with E-state index in [1.165, 1.54) is 0 Å². The highest BCUT2D eigenvalue weighted by Crippen LogP contribution is 2.32. The average Bonchev–Trinajstić information content (AvgIpc) is 2.71. The number of phenols is 1. The summed E-state index contributed by atoms with van der Waals surface area (Å²) in [6.07, 6.45) is 3.64. The first kappa shape index (κ1) is 21.9. The molecule has 1 aromatic carbocycles. The number of likely N-dealkylation sites (N-methyl/N-ethyl adjacent to an activating group) is 1. The number of phenolic OH excluding ortho intramolecular Hbond substituents is 1. The van der Waals surface area contributed by atoms with E-state index in [-0.39, 0.29) is 5.75 Å². The summed E-state index contributed by atoms with van der Waals surface area (Å²) in [5.41, 5.74) is 2.93. The van der Waals surface area contributed by atoms with Gasteiger partial charge in [-0.2, -0.15) is 0 Å². The SMILES string of the molecule is CN(CCN(Cc1ccccn1)Cc1cc(Br)cc(Br)c1O)Cc1ccccn1. The van der Waals surface area contributed by atoms with Crippen LogP contribution in [0, 0.1) is 0 Å². The molecule has 3 rings (SSSR count). The number of rotatable bonds is 9. The van der Waals surface area contributed by atoms with Crippen LogP contribution < -0.4 is 0 Å². The van der Waals surface area contributed by atoms with Crippen molar-refractivity contribution in [1.82, 2.24) is 19.8 Å². The van der Waals surface area contributed by atoms with Crippen molar-refractivity contribution in [3.63, 3.8) is 0 Å². The van der Waals surface area contributed by atoms with Crippen LogP contribution in [0.3, 0.4) is 0 Å². The molecular weight excluding hydrogens is 496 g/mol. The number of nitrogens with zero attached hydrogens (tertiary/aromatic N) is 4. The molecule has 0 amide bonds. The molecule has 0 unspecified atom stereocenters. The van der Waals surface area contributed by atoms with Crippen molar-refractivity contribution in [2.45, 2.75) is 19.6 Å². The molecule has 0 atom stereocenters. The van der Waals surface area contributed by atoms with E-state index in [9.17, 15) is 5.11 Å². The highest BCUT2D eigenvalue weighted by atomic mass is 79.9. The van der Waals surface area contributed by atoms with E-state index >= 15 is 0 Å². The molecule has 0 aliphatic carbocycles. The van der Waals surface area contributed by atoms with Crippen LogP contribution in [0.1, 0.15) is 17.0 Å². The van der Waals surface area contributed by atoms with Gasteiger partial charge in [-0.05, 0) is 59.4 Å². The Bertz CT molecular complexity index is 909. The normalized spacial score (nSPS) is 11.3. The number of halogens is 2. The third-order valence-electron chi connectivity index (χ3n) is 4.57. The Hall–Kier alpha value is -1.80. The summed E-state index contributed by atoms with van der Waals surface area (Å²) in [6.45, 7) is 3.84. The van der Waals surface area contributed by atoms with Gasteiger partial charge in [-0.3, -0.25) is 19.8 Å². The molecule has 0 radical (unpaired) electrons. The Balaban J connectivity index is 1.69. The van der Waals surface area contributed by atoms with Crippen molar-refractivity contribution >= 4 is 31.9 Å². The number of pyridine rings is 2. The lowest BCUT2D eigenvalue weighted by Crippen LogP contribution is -2.33. The summed E-state index contributed by atoms with van der Waals surface area (Å²) in [4.78, 5) is 13.4. The molecule has 2 aromatic heterocycles. The Morgan fingerprint density at radius 2 is 1.52 bits per heavy atom. The van der Waals surface area contributed by atoms with Crippen LogP contribution in [0.15, 0.2) is 69.9 Å². The molecule has 7 heteroatoms. The van der Waals surface area contributed by atoms with Gasteiger partial charge in [-0.15, -0.1) is 0 Å². The smallest absolute Gasteiger partial charge is 0.134 e. The second-order valence-electron chi connectivity index (χ2n) is 6.99. The lowest BCUT2D eigenvalue weighted by Gasteiger charge is -2.26. The van der Waals surface area contributed by atoms with E-state index in [0.717, 1.165) is 41.1 Å². The van der Waals surface area contributed by atoms with E-state index in [1.807, 2.05) is 60.9 Å². The molecule has 0 aliphatic rings. The van der Waals surface area contributed by atoms with Crippen LogP contribution >= 0.6 is 31.9 Å². The van der Waals surface area contributed by atoms with Gasteiger partial charge in [0, 0.05) is 55.2 Å². The maximum absolute atomic E-state index is 10.5. The number of hydrogen-bond donors (Lipinski definition) is 1. The van der Waals surface area contributed by atoms with Gasteiger partial charge in [0.1, 0.15) is 5.75 Å². The predicted octanol–water partition coefficient (Wildman–Crippen LogP) is 4.84. The van der Waals surface area contributed by atoms with Crippen molar-refractivity contribution < 1.29 is 5.11 Å². The molecule has 3 aromatic rings. The van der Waals surface area contributed by atoms with Crippen LogP contribution in [-0.2, 0) is 19.6 Å². The zero-order valence-corrected chi connectivity index (χ0v) is 19.5. The number of hydrogen-bond acceptors (Lipinski definition) is 5. The Labute approximate surface area is 188 Å². The average molecular weight is 520 g/mol.